The molecule has 26 heavy (non-hydrogen) atoms. The van der Waals surface area contributed by atoms with Crippen LogP contribution in [-0.4, -0.2) is 25.2 Å². The molecule has 0 unspecified atom stereocenters. The monoisotopic (exact) mass is 345 g/mol. The van der Waals surface area contributed by atoms with Crippen molar-refractivity contribution in [1.29, 1.82) is 0 Å². The molecule has 0 bridgehead atoms. The van der Waals surface area contributed by atoms with Gasteiger partial charge in [-0.25, -0.2) is 4.98 Å². The molecule has 1 N–H and O–H groups in total. The van der Waals surface area contributed by atoms with Crippen molar-refractivity contribution < 1.29 is 4.79 Å². The minimum Gasteiger partial charge on any atom is -0.310 e. The zero-order valence-electron chi connectivity index (χ0n) is 14.5. The van der Waals surface area contributed by atoms with Gasteiger partial charge in [-0.2, -0.15) is 5.10 Å². The first-order chi connectivity index (χ1) is 12.7. The number of hydrogen-bond acceptors (Lipinski definition) is 3. The highest BCUT2D eigenvalue weighted by atomic mass is 16.1. The van der Waals surface area contributed by atoms with E-state index in [1.807, 2.05) is 77.0 Å². The SMILES string of the molecule is CCn1c(NC(=O)c2ccc(Cn3cccn3)cc2)nc2ccccc21. The van der Waals surface area contributed by atoms with Crippen LogP contribution >= 0.6 is 0 Å². The summed E-state index contributed by atoms with van der Waals surface area (Å²) in [4.78, 5) is 17.1. The number of rotatable bonds is 5. The number of carbonyl (C=O) groups is 1. The number of aryl methyl sites for hydroxylation is 1. The molecule has 6 heteroatoms. The van der Waals surface area contributed by atoms with Gasteiger partial charge in [0.1, 0.15) is 0 Å². The number of aromatic nitrogens is 4. The maximum absolute atomic E-state index is 12.6. The zero-order valence-corrected chi connectivity index (χ0v) is 14.5. The molecule has 6 nitrogen and oxygen atoms in total. The molecule has 0 aliphatic carbocycles. The molecule has 0 aliphatic rings. The van der Waals surface area contributed by atoms with E-state index in [0.29, 0.717) is 18.1 Å². The standard InChI is InChI=1S/C20H19N5O/c1-2-25-18-7-4-3-6-17(18)22-20(25)23-19(26)16-10-8-15(9-11-16)14-24-13-5-12-21-24/h3-13H,2,14H2,1H3,(H,22,23,26). The Morgan fingerprint density at radius 2 is 1.88 bits per heavy atom. The van der Waals surface area contributed by atoms with Gasteiger partial charge in [0.2, 0.25) is 5.95 Å². The largest absolute Gasteiger partial charge is 0.310 e. The molecule has 2 aromatic carbocycles. The minimum absolute atomic E-state index is 0.166. The number of benzene rings is 2. The average molecular weight is 345 g/mol. The zero-order chi connectivity index (χ0) is 17.9. The molecule has 130 valence electrons. The minimum atomic E-state index is -0.166. The maximum Gasteiger partial charge on any atom is 0.257 e. The van der Waals surface area contributed by atoms with Gasteiger partial charge in [-0.3, -0.25) is 14.8 Å². The van der Waals surface area contributed by atoms with Crippen LogP contribution in [0.1, 0.15) is 22.8 Å². The van der Waals surface area contributed by atoms with Gasteiger partial charge in [-0.15, -0.1) is 0 Å². The van der Waals surface area contributed by atoms with Gasteiger partial charge in [0.25, 0.3) is 5.91 Å². The third-order valence-corrected chi connectivity index (χ3v) is 4.32. The summed E-state index contributed by atoms with van der Waals surface area (Å²) >= 11 is 0. The van der Waals surface area contributed by atoms with Gasteiger partial charge in [0.15, 0.2) is 0 Å². The fraction of sp³-hybridized carbons (Fsp3) is 0.150. The number of imidazole rings is 1. The van der Waals surface area contributed by atoms with Gasteiger partial charge in [0, 0.05) is 24.5 Å². The third kappa shape index (κ3) is 3.09. The van der Waals surface area contributed by atoms with Gasteiger partial charge < -0.3 is 4.57 Å². The highest BCUT2D eigenvalue weighted by molar-refractivity contribution is 6.04. The lowest BCUT2D eigenvalue weighted by atomic mass is 10.1. The molecular formula is C20H19N5O. The number of nitrogens with one attached hydrogen (secondary N) is 1. The van der Waals surface area contributed by atoms with Crippen LogP contribution < -0.4 is 5.32 Å². The van der Waals surface area contributed by atoms with Crippen LogP contribution in [0.5, 0.6) is 0 Å². The normalized spacial score (nSPS) is 11.0. The summed E-state index contributed by atoms with van der Waals surface area (Å²) in [5, 5.41) is 7.12. The Bertz CT molecular complexity index is 1030. The second kappa shape index (κ2) is 6.84. The maximum atomic E-state index is 12.6. The van der Waals surface area contributed by atoms with Crippen LogP contribution in [0.25, 0.3) is 11.0 Å². The predicted molar refractivity (Wildman–Crippen MR) is 101 cm³/mol. The summed E-state index contributed by atoms with van der Waals surface area (Å²) in [6.07, 6.45) is 3.66. The molecule has 2 aromatic heterocycles. The molecule has 0 saturated heterocycles. The first kappa shape index (κ1) is 16.1. The van der Waals surface area contributed by atoms with Crippen molar-refractivity contribution in [2.45, 2.75) is 20.0 Å². The van der Waals surface area contributed by atoms with Crippen LogP contribution in [0.15, 0.2) is 67.0 Å². The van der Waals surface area contributed by atoms with E-state index >= 15 is 0 Å². The quantitative estimate of drug-likeness (QED) is 0.601. The van der Waals surface area contributed by atoms with E-state index < -0.39 is 0 Å². The van der Waals surface area contributed by atoms with Crippen molar-refractivity contribution >= 4 is 22.9 Å². The number of hydrogen-bond donors (Lipinski definition) is 1. The summed E-state index contributed by atoms with van der Waals surface area (Å²) in [6, 6.07) is 17.3. The fourth-order valence-corrected chi connectivity index (χ4v) is 3.01. The smallest absolute Gasteiger partial charge is 0.257 e. The van der Waals surface area contributed by atoms with Crippen molar-refractivity contribution in [2.24, 2.45) is 0 Å². The van der Waals surface area contributed by atoms with E-state index in [1.165, 1.54) is 0 Å². The van der Waals surface area contributed by atoms with Gasteiger partial charge in [-0.05, 0) is 42.8 Å². The number of para-hydroxylation sites is 2. The van der Waals surface area contributed by atoms with E-state index in [9.17, 15) is 4.79 Å². The van der Waals surface area contributed by atoms with Crippen LogP contribution in [0, 0.1) is 0 Å². The van der Waals surface area contributed by atoms with Crippen LogP contribution in [0.2, 0.25) is 0 Å². The first-order valence-electron chi connectivity index (χ1n) is 8.57. The Labute approximate surface area is 151 Å². The van der Waals surface area contributed by atoms with E-state index in [2.05, 4.69) is 15.4 Å². The molecule has 0 radical (unpaired) electrons. The Kier molecular flexibility index (Phi) is 4.23. The molecule has 0 saturated carbocycles. The average Bonchev–Trinajstić information content (AvgIpc) is 3.29. The molecule has 0 aliphatic heterocycles. The summed E-state index contributed by atoms with van der Waals surface area (Å²) in [7, 11) is 0. The molecule has 0 spiro atoms. The third-order valence-electron chi connectivity index (χ3n) is 4.32. The van der Waals surface area contributed by atoms with Gasteiger partial charge in [-0.1, -0.05) is 24.3 Å². The lowest BCUT2D eigenvalue weighted by molar-refractivity contribution is 0.102. The number of anilines is 1. The van der Waals surface area contributed by atoms with E-state index in [0.717, 1.165) is 23.1 Å². The summed E-state index contributed by atoms with van der Waals surface area (Å²) in [5.74, 6) is 0.403. The summed E-state index contributed by atoms with van der Waals surface area (Å²) in [5.41, 5.74) is 3.58. The van der Waals surface area contributed by atoms with Crippen molar-refractivity contribution in [3.05, 3.63) is 78.1 Å². The molecule has 4 aromatic rings. The highest BCUT2D eigenvalue weighted by Gasteiger charge is 2.13. The lowest BCUT2D eigenvalue weighted by Crippen LogP contribution is -2.15. The molecule has 0 fully saturated rings. The summed E-state index contributed by atoms with van der Waals surface area (Å²) < 4.78 is 3.85. The van der Waals surface area contributed by atoms with Crippen molar-refractivity contribution in [3.8, 4) is 0 Å². The van der Waals surface area contributed by atoms with Crippen LogP contribution in [0.4, 0.5) is 5.95 Å². The highest BCUT2D eigenvalue weighted by Crippen LogP contribution is 2.20. The number of carbonyl (C=O) groups excluding carboxylic acids is 1. The molecular weight excluding hydrogens is 326 g/mol. The number of amides is 1. The van der Waals surface area contributed by atoms with Crippen molar-refractivity contribution in [1.82, 2.24) is 19.3 Å². The van der Waals surface area contributed by atoms with Crippen molar-refractivity contribution in [3.63, 3.8) is 0 Å². The van der Waals surface area contributed by atoms with Gasteiger partial charge in [0.05, 0.1) is 17.6 Å². The van der Waals surface area contributed by atoms with Crippen LogP contribution in [-0.2, 0) is 13.1 Å². The molecule has 1 amide bonds. The number of fused-ring (bicyclic) bond motifs is 1. The lowest BCUT2D eigenvalue weighted by Gasteiger charge is -2.08. The Balaban J connectivity index is 1.53. The second-order valence-electron chi connectivity index (χ2n) is 6.02. The fourth-order valence-electron chi connectivity index (χ4n) is 3.01. The van der Waals surface area contributed by atoms with Crippen LogP contribution in [0.3, 0.4) is 0 Å². The Morgan fingerprint density at radius 1 is 1.08 bits per heavy atom. The van der Waals surface area contributed by atoms with E-state index in [1.54, 1.807) is 6.20 Å². The van der Waals surface area contributed by atoms with Gasteiger partial charge >= 0.3 is 0 Å². The number of nitrogens with zero attached hydrogens (tertiary/aromatic N) is 4. The molecule has 0 atom stereocenters. The molecule has 4 rings (SSSR count). The first-order valence-corrected chi connectivity index (χ1v) is 8.57. The predicted octanol–water partition coefficient (Wildman–Crippen LogP) is 3.55. The second-order valence-corrected chi connectivity index (χ2v) is 6.02. The van der Waals surface area contributed by atoms with Crippen molar-refractivity contribution in [2.75, 3.05) is 5.32 Å². The van der Waals surface area contributed by atoms with E-state index in [-0.39, 0.29) is 5.91 Å². The van der Waals surface area contributed by atoms with E-state index in [4.69, 9.17) is 0 Å². The Hall–Kier alpha value is -3.41. The topological polar surface area (TPSA) is 64.7 Å². The summed E-state index contributed by atoms with van der Waals surface area (Å²) in [6.45, 7) is 3.45. The molecule has 2 heterocycles. The Morgan fingerprint density at radius 3 is 2.62 bits per heavy atom.